The molecule has 1 N–H and O–H groups in total. The molecule has 0 saturated heterocycles. The molecule has 0 bridgehead atoms. The Morgan fingerprint density at radius 1 is 1.15 bits per heavy atom. The lowest BCUT2D eigenvalue weighted by atomic mass is 9.68. The number of hydrogen-bond acceptors (Lipinski definition) is 3. The van der Waals surface area contributed by atoms with Gasteiger partial charge in [-0.25, -0.2) is 4.79 Å². The Hall–Kier alpha value is -2.43. The fraction of sp³-hybridized carbons (Fsp3) is 0.476. The van der Waals surface area contributed by atoms with Gasteiger partial charge in [0.15, 0.2) is 0 Å². The van der Waals surface area contributed by atoms with Gasteiger partial charge in [0.05, 0.1) is 5.41 Å². The molecule has 138 valence electrons. The van der Waals surface area contributed by atoms with Crippen LogP contribution in [0.25, 0.3) is 0 Å². The first-order valence-corrected chi connectivity index (χ1v) is 9.42. The highest BCUT2D eigenvalue weighted by molar-refractivity contribution is 5.88. The van der Waals surface area contributed by atoms with Gasteiger partial charge in [-0.05, 0) is 38.3 Å². The smallest absolute Gasteiger partial charge is 0.348 e. The zero-order valence-electron chi connectivity index (χ0n) is 15.6. The molecule has 0 aliphatic heterocycles. The van der Waals surface area contributed by atoms with Crippen molar-refractivity contribution in [2.24, 2.45) is 0 Å². The highest BCUT2D eigenvalue weighted by Crippen LogP contribution is 2.39. The van der Waals surface area contributed by atoms with Crippen molar-refractivity contribution >= 4 is 5.91 Å². The summed E-state index contributed by atoms with van der Waals surface area (Å²) in [7, 11) is 0. The highest BCUT2D eigenvalue weighted by Gasteiger charge is 2.40. The van der Waals surface area contributed by atoms with E-state index in [1.807, 2.05) is 38.1 Å². The summed E-state index contributed by atoms with van der Waals surface area (Å²) in [6.07, 6.45) is 5.10. The van der Waals surface area contributed by atoms with Crippen molar-refractivity contribution in [2.75, 3.05) is 6.54 Å². The van der Waals surface area contributed by atoms with E-state index in [0.717, 1.165) is 42.6 Å². The molecule has 0 spiro atoms. The fourth-order valence-electron chi connectivity index (χ4n) is 4.06. The van der Waals surface area contributed by atoms with Crippen molar-refractivity contribution in [1.82, 2.24) is 14.9 Å². The molecule has 1 aliphatic carbocycles. The van der Waals surface area contributed by atoms with Crippen LogP contribution >= 0.6 is 0 Å². The molecule has 3 rings (SSSR count). The molecule has 1 aromatic carbocycles. The zero-order chi connectivity index (χ0) is 18.6. The molecule has 1 aliphatic rings. The van der Waals surface area contributed by atoms with Gasteiger partial charge in [0.1, 0.15) is 0 Å². The van der Waals surface area contributed by atoms with Gasteiger partial charge in [-0.2, -0.15) is 4.98 Å². The first-order valence-electron chi connectivity index (χ1n) is 9.42. The number of benzene rings is 1. The molecule has 0 radical (unpaired) electrons. The van der Waals surface area contributed by atoms with E-state index in [2.05, 4.69) is 22.4 Å². The first kappa shape index (κ1) is 18.4. The minimum atomic E-state index is -0.439. The molecule has 26 heavy (non-hydrogen) atoms. The summed E-state index contributed by atoms with van der Waals surface area (Å²) in [6.45, 7) is 4.57. The summed E-state index contributed by atoms with van der Waals surface area (Å²) in [6, 6.07) is 12.0. The van der Waals surface area contributed by atoms with Crippen LogP contribution in [0, 0.1) is 13.8 Å². The molecule has 1 heterocycles. The number of aromatic nitrogens is 2. The van der Waals surface area contributed by atoms with E-state index >= 15 is 0 Å². The van der Waals surface area contributed by atoms with Gasteiger partial charge in [0.2, 0.25) is 5.91 Å². The van der Waals surface area contributed by atoms with Crippen LogP contribution < -0.4 is 11.0 Å². The third-order valence-corrected chi connectivity index (χ3v) is 5.44. The molecular weight excluding hydrogens is 326 g/mol. The Labute approximate surface area is 154 Å². The van der Waals surface area contributed by atoms with Gasteiger partial charge in [0, 0.05) is 24.5 Å². The number of nitrogens with zero attached hydrogens (tertiary/aromatic N) is 2. The lowest BCUT2D eigenvalue weighted by Gasteiger charge is -2.36. The SMILES string of the molecule is Cc1cc(C)n(CCNC(=O)C2(c3ccccc3)CCCCC2)c(=O)n1. The first-order chi connectivity index (χ1) is 12.5. The van der Waals surface area contributed by atoms with Crippen LogP contribution in [-0.4, -0.2) is 22.0 Å². The second-order valence-electron chi connectivity index (χ2n) is 7.24. The van der Waals surface area contributed by atoms with Gasteiger partial charge < -0.3 is 5.32 Å². The maximum Gasteiger partial charge on any atom is 0.348 e. The Balaban J connectivity index is 1.73. The minimum Gasteiger partial charge on any atom is -0.354 e. The lowest BCUT2D eigenvalue weighted by Crippen LogP contribution is -2.47. The molecule has 5 nitrogen and oxygen atoms in total. The van der Waals surface area contributed by atoms with Crippen LogP contribution in [0.3, 0.4) is 0 Å². The largest absolute Gasteiger partial charge is 0.354 e. The van der Waals surface area contributed by atoms with Crippen LogP contribution in [0.1, 0.15) is 49.1 Å². The van der Waals surface area contributed by atoms with Crippen molar-refractivity contribution < 1.29 is 4.79 Å². The fourth-order valence-corrected chi connectivity index (χ4v) is 4.06. The van der Waals surface area contributed by atoms with Crippen molar-refractivity contribution in [3.8, 4) is 0 Å². The number of hydrogen-bond donors (Lipinski definition) is 1. The number of carbonyl (C=O) groups excluding carboxylic acids is 1. The van der Waals surface area contributed by atoms with E-state index in [9.17, 15) is 9.59 Å². The zero-order valence-corrected chi connectivity index (χ0v) is 15.6. The Morgan fingerprint density at radius 2 is 1.85 bits per heavy atom. The molecule has 1 fully saturated rings. The van der Waals surface area contributed by atoms with Crippen LogP contribution in [0.5, 0.6) is 0 Å². The summed E-state index contributed by atoms with van der Waals surface area (Å²) in [5, 5.41) is 3.08. The van der Waals surface area contributed by atoms with Crippen LogP contribution in [0.2, 0.25) is 0 Å². The maximum absolute atomic E-state index is 13.1. The number of nitrogens with one attached hydrogen (secondary N) is 1. The Bertz CT molecular complexity index is 821. The third kappa shape index (κ3) is 3.71. The summed E-state index contributed by atoms with van der Waals surface area (Å²) >= 11 is 0. The topological polar surface area (TPSA) is 64.0 Å². The van der Waals surface area contributed by atoms with E-state index in [1.165, 1.54) is 6.42 Å². The monoisotopic (exact) mass is 353 g/mol. The van der Waals surface area contributed by atoms with E-state index < -0.39 is 5.41 Å². The number of rotatable bonds is 5. The minimum absolute atomic E-state index is 0.0779. The molecule has 1 aromatic heterocycles. The molecular formula is C21H27N3O2. The highest BCUT2D eigenvalue weighted by atomic mass is 16.2. The van der Waals surface area contributed by atoms with Gasteiger partial charge in [0.25, 0.3) is 0 Å². The van der Waals surface area contributed by atoms with E-state index in [4.69, 9.17) is 0 Å². The van der Waals surface area contributed by atoms with Crippen molar-refractivity contribution in [1.29, 1.82) is 0 Å². The van der Waals surface area contributed by atoms with Gasteiger partial charge in [-0.1, -0.05) is 49.6 Å². The standard InChI is InChI=1S/C21H27N3O2/c1-16-15-17(2)24(20(26)23-16)14-13-22-19(25)21(11-7-4-8-12-21)18-9-5-3-6-10-18/h3,5-6,9-10,15H,4,7-8,11-14H2,1-2H3,(H,22,25). The van der Waals surface area contributed by atoms with Crippen LogP contribution in [-0.2, 0) is 16.8 Å². The van der Waals surface area contributed by atoms with E-state index in [1.54, 1.807) is 4.57 Å². The predicted molar refractivity (Wildman–Crippen MR) is 102 cm³/mol. The molecule has 1 amide bonds. The van der Waals surface area contributed by atoms with Crippen molar-refractivity contribution in [2.45, 2.75) is 57.9 Å². The average Bonchev–Trinajstić information content (AvgIpc) is 2.65. The number of amides is 1. The third-order valence-electron chi connectivity index (χ3n) is 5.44. The van der Waals surface area contributed by atoms with E-state index in [0.29, 0.717) is 13.1 Å². The second kappa shape index (κ2) is 7.85. The number of carbonyl (C=O) groups is 1. The normalized spacial score (nSPS) is 16.2. The molecule has 2 aromatic rings. The Morgan fingerprint density at radius 3 is 2.50 bits per heavy atom. The quantitative estimate of drug-likeness (QED) is 0.899. The van der Waals surface area contributed by atoms with Crippen molar-refractivity contribution in [3.05, 3.63) is 63.8 Å². The second-order valence-corrected chi connectivity index (χ2v) is 7.24. The van der Waals surface area contributed by atoms with Crippen LogP contribution in [0.15, 0.2) is 41.2 Å². The summed E-state index contributed by atoms with van der Waals surface area (Å²) in [5.74, 6) is 0.0779. The van der Waals surface area contributed by atoms with Crippen molar-refractivity contribution in [3.63, 3.8) is 0 Å². The summed E-state index contributed by atoms with van der Waals surface area (Å²) in [4.78, 5) is 29.2. The van der Waals surface area contributed by atoms with E-state index in [-0.39, 0.29) is 11.6 Å². The molecule has 5 heteroatoms. The molecule has 0 atom stereocenters. The predicted octanol–water partition coefficient (Wildman–Crippen LogP) is 2.88. The Kier molecular flexibility index (Phi) is 5.55. The van der Waals surface area contributed by atoms with Gasteiger partial charge in [-0.15, -0.1) is 0 Å². The van der Waals surface area contributed by atoms with Gasteiger partial charge in [-0.3, -0.25) is 9.36 Å². The van der Waals surface area contributed by atoms with Crippen LogP contribution in [0.4, 0.5) is 0 Å². The molecule has 0 unspecified atom stereocenters. The summed E-state index contributed by atoms with van der Waals surface area (Å²) in [5.41, 5.74) is 1.99. The number of aryl methyl sites for hydroxylation is 2. The average molecular weight is 353 g/mol. The maximum atomic E-state index is 13.1. The lowest BCUT2D eigenvalue weighted by molar-refractivity contribution is -0.128. The van der Waals surface area contributed by atoms with Gasteiger partial charge >= 0.3 is 5.69 Å². The summed E-state index contributed by atoms with van der Waals surface area (Å²) < 4.78 is 1.61. The molecule has 1 saturated carbocycles.